The SMILES string of the molecule is CC.CCO.COc1cc2c(cc1OC)CN(CCCC(C)C)CC2. The van der Waals surface area contributed by atoms with Gasteiger partial charge in [0.1, 0.15) is 0 Å². The van der Waals surface area contributed by atoms with E-state index >= 15 is 0 Å². The monoisotopic (exact) mass is 353 g/mol. The Hall–Kier alpha value is -1.26. The molecule has 1 N–H and O–H groups in total. The summed E-state index contributed by atoms with van der Waals surface area (Å²) in [6, 6.07) is 4.28. The number of ether oxygens (including phenoxy) is 2. The van der Waals surface area contributed by atoms with Crippen LogP contribution in [0.25, 0.3) is 0 Å². The highest BCUT2D eigenvalue weighted by molar-refractivity contribution is 5.48. The maximum atomic E-state index is 7.57. The fourth-order valence-corrected chi connectivity index (χ4v) is 2.86. The van der Waals surface area contributed by atoms with Crippen molar-refractivity contribution in [3.63, 3.8) is 0 Å². The molecule has 146 valence electrons. The molecular weight excluding hydrogens is 314 g/mol. The predicted octanol–water partition coefficient (Wildman–Crippen LogP) is 4.52. The van der Waals surface area contributed by atoms with E-state index in [2.05, 4.69) is 30.9 Å². The minimum absolute atomic E-state index is 0.250. The van der Waals surface area contributed by atoms with Gasteiger partial charge < -0.3 is 14.6 Å². The quantitative estimate of drug-likeness (QED) is 0.816. The zero-order valence-electron chi connectivity index (χ0n) is 17.4. The topological polar surface area (TPSA) is 41.9 Å². The van der Waals surface area contributed by atoms with Crippen LogP contribution in [-0.4, -0.2) is 43.9 Å². The largest absolute Gasteiger partial charge is 0.493 e. The molecule has 0 saturated carbocycles. The number of aliphatic hydroxyl groups is 1. The van der Waals surface area contributed by atoms with Crippen molar-refractivity contribution in [2.24, 2.45) is 5.92 Å². The maximum absolute atomic E-state index is 7.57. The van der Waals surface area contributed by atoms with Crippen molar-refractivity contribution < 1.29 is 14.6 Å². The first-order chi connectivity index (χ1) is 12.0. The van der Waals surface area contributed by atoms with Crippen molar-refractivity contribution >= 4 is 0 Å². The molecule has 0 saturated heterocycles. The van der Waals surface area contributed by atoms with E-state index in [-0.39, 0.29) is 6.61 Å². The highest BCUT2D eigenvalue weighted by Gasteiger charge is 2.19. The molecule has 0 amide bonds. The molecule has 1 heterocycles. The number of methoxy groups -OCH3 is 2. The highest BCUT2D eigenvalue weighted by atomic mass is 16.5. The smallest absolute Gasteiger partial charge is 0.161 e. The van der Waals surface area contributed by atoms with Crippen molar-refractivity contribution in [2.45, 2.75) is 60.4 Å². The molecule has 4 nitrogen and oxygen atoms in total. The van der Waals surface area contributed by atoms with Crippen LogP contribution in [0.5, 0.6) is 11.5 Å². The maximum Gasteiger partial charge on any atom is 0.161 e. The third-order valence-electron chi connectivity index (χ3n) is 4.05. The van der Waals surface area contributed by atoms with Crippen molar-refractivity contribution in [2.75, 3.05) is 33.9 Å². The molecule has 0 aromatic heterocycles. The fraction of sp³-hybridized carbons (Fsp3) is 0.714. The number of hydrogen-bond donors (Lipinski definition) is 1. The lowest BCUT2D eigenvalue weighted by Gasteiger charge is -2.29. The molecule has 1 aromatic carbocycles. The van der Waals surface area contributed by atoms with Crippen LogP contribution >= 0.6 is 0 Å². The number of rotatable bonds is 6. The van der Waals surface area contributed by atoms with Gasteiger partial charge in [-0.05, 0) is 61.9 Å². The van der Waals surface area contributed by atoms with Gasteiger partial charge in [0.25, 0.3) is 0 Å². The molecule has 0 radical (unpaired) electrons. The van der Waals surface area contributed by atoms with E-state index in [9.17, 15) is 0 Å². The van der Waals surface area contributed by atoms with Crippen LogP contribution in [0, 0.1) is 5.92 Å². The summed E-state index contributed by atoms with van der Waals surface area (Å²) < 4.78 is 10.8. The van der Waals surface area contributed by atoms with Crippen molar-refractivity contribution in [3.8, 4) is 11.5 Å². The third-order valence-corrected chi connectivity index (χ3v) is 4.05. The lowest BCUT2D eigenvalue weighted by Crippen LogP contribution is -2.31. The Morgan fingerprint density at radius 2 is 1.60 bits per heavy atom. The van der Waals surface area contributed by atoms with Crippen LogP contribution in [0.2, 0.25) is 0 Å². The summed E-state index contributed by atoms with van der Waals surface area (Å²) >= 11 is 0. The number of aliphatic hydroxyl groups excluding tert-OH is 1. The summed E-state index contributed by atoms with van der Waals surface area (Å²) in [6.45, 7) is 13.9. The molecule has 1 aliphatic heterocycles. The normalized spacial score (nSPS) is 13.2. The lowest BCUT2D eigenvalue weighted by atomic mass is 9.98. The van der Waals surface area contributed by atoms with Gasteiger partial charge in [-0.1, -0.05) is 27.7 Å². The summed E-state index contributed by atoms with van der Waals surface area (Å²) in [4.78, 5) is 2.55. The van der Waals surface area contributed by atoms with Gasteiger partial charge in [0.15, 0.2) is 11.5 Å². The van der Waals surface area contributed by atoms with Crippen LogP contribution in [0.15, 0.2) is 12.1 Å². The minimum atomic E-state index is 0.250. The van der Waals surface area contributed by atoms with Gasteiger partial charge in [0.05, 0.1) is 14.2 Å². The van der Waals surface area contributed by atoms with Crippen LogP contribution in [0.1, 0.15) is 58.6 Å². The van der Waals surface area contributed by atoms with Gasteiger partial charge in [-0.15, -0.1) is 0 Å². The zero-order chi connectivity index (χ0) is 19.2. The van der Waals surface area contributed by atoms with Crippen molar-refractivity contribution in [1.29, 1.82) is 0 Å². The number of hydrogen-bond acceptors (Lipinski definition) is 4. The molecule has 0 unspecified atom stereocenters. The second kappa shape index (κ2) is 14.0. The van der Waals surface area contributed by atoms with E-state index in [1.807, 2.05) is 13.8 Å². The van der Waals surface area contributed by atoms with E-state index in [4.69, 9.17) is 14.6 Å². The molecule has 4 heteroatoms. The van der Waals surface area contributed by atoms with Crippen LogP contribution in [-0.2, 0) is 13.0 Å². The Bertz CT molecular complexity index is 461. The Labute approximate surface area is 155 Å². The third kappa shape index (κ3) is 8.59. The molecule has 0 spiro atoms. The molecule has 0 aliphatic carbocycles. The van der Waals surface area contributed by atoms with E-state index in [1.165, 1.54) is 30.5 Å². The van der Waals surface area contributed by atoms with E-state index < -0.39 is 0 Å². The molecule has 0 bridgehead atoms. The van der Waals surface area contributed by atoms with E-state index in [0.717, 1.165) is 36.9 Å². The average Bonchev–Trinajstić information content (AvgIpc) is 2.62. The predicted molar refractivity (Wildman–Crippen MR) is 107 cm³/mol. The number of benzene rings is 1. The van der Waals surface area contributed by atoms with Crippen LogP contribution in [0.4, 0.5) is 0 Å². The first kappa shape index (κ1) is 23.7. The Balaban J connectivity index is 0.00000104. The zero-order valence-corrected chi connectivity index (χ0v) is 17.4. The van der Waals surface area contributed by atoms with E-state index in [0.29, 0.717) is 0 Å². The van der Waals surface area contributed by atoms with Crippen LogP contribution in [0.3, 0.4) is 0 Å². The first-order valence-electron chi connectivity index (χ1n) is 9.62. The number of nitrogens with zero attached hydrogens (tertiary/aromatic N) is 1. The Morgan fingerprint density at radius 3 is 2.08 bits per heavy atom. The molecule has 0 fully saturated rings. The van der Waals surface area contributed by atoms with Gasteiger partial charge in [-0.25, -0.2) is 0 Å². The second-order valence-electron chi connectivity index (χ2n) is 6.35. The molecule has 2 rings (SSSR count). The molecule has 1 aliphatic rings. The standard InChI is InChI=1S/C17H27NO2.C2H6O.C2H6/c1-13(2)6-5-8-18-9-7-14-10-16(19-3)17(20-4)11-15(14)12-18;1-2-3;1-2/h10-11,13H,5-9,12H2,1-4H3;3H,2H2,1H3;1-2H3. The summed E-state index contributed by atoms with van der Waals surface area (Å²) in [5.74, 6) is 2.49. The summed E-state index contributed by atoms with van der Waals surface area (Å²) in [7, 11) is 3.40. The summed E-state index contributed by atoms with van der Waals surface area (Å²) in [5.41, 5.74) is 2.79. The molecular formula is C21H39NO3. The summed E-state index contributed by atoms with van der Waals surface area (Å²) in [5, 5.41) is 7.57. The van der Waals surface area contributed by atoms with Gasteiger partial charge in [0.2, 0.25) is 0 Å². The molecule has 1 aromatic rings. The van der Waals surface area contributed by atoms with Gasteiger partial charge in [-0.2, -0.15) is 0 Å². The highest BCUT2D eigenvalue weighted by Crippen LogP contribution is 2.33. The average molecular weight is 354 g/mol. The van der Waals surface area contributed by atoms with Gasteiger partial charge in [-0.3, -0.25) is 4.90 Å². The Kier molecular flexibility index (Phi) is 13.3. The molecule has 25 heavy (non-hydrogen) atoms. The van der Waals surface area contributed by atoms with Crippen molar-refractivity contribution in [1.82, 2.24) is 4.90 Å². The second-order valence-corrected chi connectivity index (χ2v) is 6.35. The molecule has 0 atom stereocenters. The van der Waals surface area contributed by atoms with Crippen LogP contribution < -0.4 is 9.47 Å². The lowest BCUT2D eigenvalue weighted by molar-refractivity contribution is 0.243. The van der Waals surface area contributed by atoms with Gasteiger partial charge in [0, 0.05) is 19.7 Å². The minimum Gasteiger partial charge on any atom is -0.493 e. The first-order valence-corrected chi connectivity index (χ1v) is 9.62. The summed E-state index contributed by atoms with van der Waals surface area (Å²) in [6.07, 6.45) is 3.72. The van der Waals surface area contributed by atoms with E-state index in [1.54, 1.807) is 21.1 Å². The number of fused-ring (bicyclic) bond motifs is 1. The fourth-order valence-electron chi connectivity index (χ4n) is 2.86. The van der Waals surface area contributed by atoms with Gasteiger partial charge >= 0.3 is 0 Å². The van der Waals surface area contributed by atoms with Crippen molar-refractivity contribution in [3.05, 3.63) is 23.3 Å². The Morgan fingerprint density at radius 1 is 1.08 bits per heavy atom.